The number of hydrogen-bond donors (Lipinski definition) is 1. The molecule has 146 valence electrons. The lowest BCUT2D eigenvalue weighted by Crippen LogP contribution is -2.39. The van der Waals surface area contributed by atoms with Crippen molar-refractivity contribution in [1.29, 1.82) is 0 Å². The maximum Gasteiger partial charge on any atom is 0.257 e. The maximum absolute atomic E-state index is 13.3. The number of nitrogens with zero attached hydrogens (tertiary/aromatic N) is 4. The molecule has 2 aromatic heterocycles. The van der Waals surface area contributed by atoms with Crippen LogP contribution < -0.4 is 10.5 Å². The molecule has 3 aliphatic rings. The number of fused-ring (bicyclic) bond motifs is 3. The fourth-order valence-corrected chi connectivity index (χ4v) is 5.09. The summed E-state index contributed by atoms with van der Waals surface area (Å²) in [6, 6.07) is 4.13. The van der Waals surface area contributed by atoms with Gasteiger partial charge >= 0.3 is 0 Å². The first-order valence-corrected chi connectivity index (χ1v) is 10.2. The molecule has 0 spiro atoms. The summed E-state index contributed by atoms with van der Waals surface area (Å²) in [4.78, 5) is 41.7. The van der Waals surface area contributed by atoms with Crippen LogP contribution in [0.1, 0.15) is 46.7 Å². The van der Waals surface area contributed by atoms with E-state index in [-0.39, 0.29) is 11.5 Å². The first-order chi connectivity index (χ1) is 13.6. The summed E-state index contributed by atoms with van der Waals surface area (Å²) in [5, 5.41) is 0. The van der Waals surface area contributed by atoms with Crippen molar-refractivity contribution in [3.05, 3.63) is 51.3 Å². The molecule has 1 saturated heterocycles. The van der Waals surface area contributed by atoms with Gasteiger partial charge in [0, 0.05) is 43.9 Å². The Labute approximate surface area is 163 Å². The van der Waals surface area contributed by atoms with E-state index in [0.717, 1.165) is 36.5 Å². The van der Waals surface area contributed by atoms with Crippen molar-refractivity contribution in [2.45, 2.75) is 45.1 Å². The Morgan fingerprint density at radius 3 is 2.89 bits per heavy atom. The third-order valence-corrected chi connectivity index (χ3v) is 6.46. The van der Waals surface area contributed by atoms with Crippen molar-refractivity contribution >= 4 is 11.7 Å². The molecule has 2 aromatic rings. The number of H-pyrrole nitrogens is 1. The minimum absolute atomic E-state index is 0.0465. The van der Waals surface area contributed by atoms with E-state index in [0.29, 0.717) is 49.3 Å². The van der Waals surface area contributed by atoms with Crippen molar-refractivity contribution in [2.75, 3.05) is 24.5 Å². The number of nitrogens with one attached hydrogen (secondary N) is 1. The van der Waals surface area contributed by atoms with Crippen molar-refractivity contribution in [3.63, 3.8) is 0 Å². The van der Waals surface area contributed by atoms with Crippen LogP contribution >= 0.6 is 0 Å². The van der Waals surface area contributed by atoms with Gasteiger partial charge in [-0.2, -0.15) is 0 Å². The maximum atomic E-state index is 13.3. The summed E-state index contributed by atoms with van der Waals surface area (Å²) in [7, 11) is 0. The number of aryl methyl sites for hydroxylation is 1. The van der Waals surface area contributed by atoms with Crippen LogP contribution in [0.3, 0.4) is 0 Å². The third-order valence-electron chi connectivity index (χ3n) is 6.46. The van der Waals surface area contributed by atoms with Gasteiger partial charge in [0.15, 0.2) is 0 Å². The number of amides is 1. The molecule has 0 unspecified atom stereocenters. The first kappa shape index (κ1) is 17.4. The number of anilines is 1. The van der Waals surface area contributed by atoms with Gasteiger partial charge in [-0.05, 0) is 50.7 Å². The van der Waals surface area contributed by atoms with Gasteiger partial charge in [-0.25, -0.2) is 9.97 Å². The molecule has 2 bridgehead atoms. The molecule has 1 N–H and O–H groups in total. The van der Waals surface area contributed by atoms with Crippen LogP contribution in [0, 0.1) is 12.8 Å². The summed E-state index contributed by atoms with van der Waals surface area (Å²) in [6.45, 7) is 4.04. The minimum atomic E-state index is -0.0465. The Kier molecular flexibility index (Phi) is 4.18. The highest BCUT2D eigenvalue weighted by atomic mass is 16.2. The van der Waals surface area contributed by atoms with E-state index in [9.17, 15) is 9.59 Å². The van der Waals surface area contributed by atoms with E-state index in [4.69, 9.17) is 0 Å². The van der Waals surface area contributed by atoms with Crippen LogP contribution in [-0.2, 0) is 12.8 Å². The largest absolute Gasteiger partial charge is 0.355 e. The number of carbonyl (C=O) groups is 1. The minimum Gasteiger partial charge on any atom is -0.355 e. The molecule has 7 nitrogen and oxygen atoms in total. The second-order valence-electron chi connectivity index (χ2n) is 8.23. The van der Waals surface area contributed by atoms with Crippen molar-refractivity contribution in [3.8, 4) is 0 Å². The summed E-state index contributed by atoms with van der Waals surface area (Å²) in [6.07, 6.45) is 6.55. The Hall–Kier alpha value is -2.70. The van der Waals surface area contributed by atoms with E-state index in [1.54, 1.807) is 6.20 Å². The molecule has 2 aliphatic heterocycles. The second-order valence-corrected chi connectivity index (χ2v) is 8.23. The standard InChI is InChI=1S/C21H25N5O2/c1-13-23-18-7-10-25(9-6-16(18)20(27)24-13)19-17(3-2-8-22-19)21(28)26-12-14-4-5-15(26)11-14/h2-3,8,14-15H,4-7,9-12H2,1H3,(H,23,24,27)/t14-,15+/m1/s1. The van der Waals surface area contributed by atoms with Gasteiger partial charge in [0.05, 0.1) is 11.3 Å². The molecule has 0 radical (unpaired) electrons. The highest BCUT2D eigenvalue weighted by Gasteiger charge is 2.41. The van der Waals surface area contributed by atoms with Crippen LogP contribution in [0.4, 0.5) is 5.82 Å². The number of likely N-dealkylation sites (tertiary alicyclic amines) is 1. The zero-order chi connectivity index (χ0) is 19.3. The van der Waals surface area contributed by atoms with Crippen LogP contribution in [0.5, 0.6) is 0 Å². The van der Waals surface area contributed by atoms with Crippen molar-refractivity contribution in [2.24, 2.45) is 5.92 Å². The van der Waals surface area contributed by atoms with E-state index >= 15 is 0 Å². The van der Waals surface area contributed by atoms with E-state index < -0.39 is 0 Å². The topological polar surface area (TPSA) is 82.2 Å². The van der Waals surface area contributed by atoms with Crippen LogP contribution in [-0.4, -0.2) is 51.4 Å². The molecule has 2 fully saturated rings. The van der Waals surface area contributed by atoms with Crippen molar-refractivity contribution in [1.82, 2.24) is 19.9 Å². The van der Waals surface area contributed by atoms with Crippen LogP contribution in [0.15, 0.2) is 23.1 Å². The predicted octanol–water partition coefficient (Wildman–Crippen LogP) is 1.70. The number of aromatic nitrogens is 3. The van der Waals surface area contributed by atoms with E-state index in [1.165, 1.54) is 6.42 Å². The number of aromatic amines is 1. The number of piperidine rings is 1. The first-order valence-electron chi connectivity index (χ1n) is 10.2. The van der Waals surface area contributed by atoms with Gasteiger partial charge in [-0.1, -0.05) is 0 Å². The van der Waals surface area contributed by atoms with Gasteiger partial charge in [-0.3, -0.25) is 9.59 Å². The molecule has 28 heavy (non-hydrogen) atoms. The summed E-state index contributed by atoms with van der Waals surface area (Å²) < 4.78 is 0. The smallest absolute Gasteiger partial charge is 0.257 e. The highest BCUT2D eigenvalue weighted by Crippen LogP contribution is 2.38. The number of hydrogen-bond acceptors (Lipinski definition) is 5. The van der Waals surface area contributed by atoms with Gasteiger partial charge in [0.2, 0.25) is 0 Å². The van der Waals surface area contributed by atoms with Gasteiger partial charge < -0.3 is 14.8 Å². The summed E-state index contributed by atoms with van der Waals surface area (Å²) in [5.41, 5.74) is 2.26. The van der Waals surface area contributed by atoms with Gasteiger partial charge in [-0.15, -0.1) is 0 Å². The van der Waals surface area contributed by atoms with Crippen molar-refractivity contribution < 1.29 is 4.79 Å². The fraction of sp³-hybridized carbons (Fsp3) is 0.524. The number of rotatable bonds is 2. The summed E-state index contributed by atoms with van der Waals surface area (Å²) in [5.74, 6) is 2.15. The third kappa shape index (κ3) is 2.89. The molecule has 1 aliphatic carbocycles. The van der Waals surface area contributed by atoms with Crippen LogP contribution in [0.2, 0.25) is 0 Å². The SMILES string of the molecule is Cc1nc2c(c(=O)[nH]1)CCN(c1ncccc1C(=O)N1C[C@@H]3CC[C@H]1C3)CC2. The number of carbonyl (C=O) groups excluding carboxylic acids is 1. The predicted molar refractivity (Wildman–Crippen MR) is 106 cm³/mol. The van der Waals surface area contributed by atoms with Crippen LogP contribution in [0.25, 0.3) is 0 Å². The monoisotopic (exact) mass is 379 g/mol. The lowest BCUT2D eigenvalue weighted by molar-refractivity contribution is 0.0704. The second kappa shape index (κ2) is 6.72. The highest BCUT2D eigenvalue weighted by molar-refractivity contribution is 5.99. The molecule has 2 atom stereocenters. The number of pyridine rings is 1. The quantitative estimate of drug-likeness (QED) is 0.859. The Bertz CT molecular complexity index is 985. The molecular formula is C21H25N5O2. The molecule has 4 heterocycles. The van der Waals surface area contributed by atoms with Gasteiger partial charge in [0.1, 0.15) is 11.6 Å². The fourth-order valence-electron chi connectivity index (χ4n) is 5.09. The van der Waals surface area contributed by atoms with E-state index in [2.05, 4.69) is 24.8 Å². The zero-order valence-corrected chi connectivity index (χ0v) is 16.1. The molecule has 1 saturated carbocycles. The van der Waals surface area contributed by atoms with Gasteiger partial charge in [0.25, 0.3) is 11.5 Å². The summed E-state index contributed by atoms with van der Waals surface area (Å²) >= 11 is 0. The Morgan fingerprint density at radius 1 is 1.25 bits per heavy atom. The Morgan fingerprint density at radius 2 is 2.11 bits per heavy atom. The molecule has 1 amide bonds. The normalized spacial score (nSPS) is 23.6. The molecular weight excluding hydrogens is 354 g/mol. The molecule has 7 heteroatoms. The average Bonchev–Trinajstić information content (AvgIpc) is 3.26. The Balaban J connectivity index is 1.42. The lowest BCUT2D eigenvalue weighted by Gasteiger charge is -2.29. The molecule has 5 rings (SSSR count). The zero-order valence-electron chi connectivity index (χ0n) is 16.1. The van der Waals surface area contributed by atoms with E-state index in [1.807, 2.05) is 19.1 Å². The molecule has 0 aromatic carbocycles. The lowest BCUT2D eigenvalue weighted by atomic mass is 10.1. The average molecular weight is 379 g/mol.